The summed E-state index contributed by atoms with van der Waals surface area (Å²) < 4.78 is 37.0. The third-order valence-corrected chi connectivity index (χ3v) is 6.04. The number of hydrogen-bond acceptors (Lipinski definition) is 8. The van der Waals surface area contributed by atoms with Gasteiger partial charge in [-0.2, -0.15) is 5.26 Å². The van der Waals surface area contributed by atoms with Crippen LogP contribution >= 0.6 is 11.6 Å². The number of rotatable bonds is 9. The second-order valence-corrected chi connectivity index (χ2v) is 8.52. The van der Waals surface area contributed by atoms with E-state index in [1.54, 1.807) is 61.4 Å². The van der Waals surface area contributed by atoms with Crippen molar-refractivity contribution in [2.75, 3.05) is 30.5 Å². The van der Waals surface area contributed by atoms with Crippen molar-refractivity contribution in [3.05, 3.63) is 65.0 Å². The van der Waals surface area contributed by atoms with Gasteiger partial charge in [-0.05, 0) is 38.1 Å². The highest BCUT2D eigenvalue weighted by Crippen LogP contribution is 2.45. The Morgan fingerprint density at radius 2 is 2.18 bits per heavy atom. The van der Waals surface area contributed by atoms with Crippen LogP contribution in [-0.4, -0.2) is 44.0 Å². The summed E-state index contributed by atoms with van der Waals surface area (Å²) in [6.07, 6.45) is 1.68. The highest BCUT2D eigenvalue weighted by Gasteiger charge is 2.33. The van der Waals surface area contributed by atoms with Gasteiger partial charge in [0, 0.05) is 37.6 Å². The Bertz CT molecular complexity index is 1430. The van der Waals surface area contributed by atoms with Crippen molar-refractivity contribution in [2.24, 2.45) is 0 Å². The third kappa shape index (κ3) is 5.50. The Labute approximate surface area is 224 Å². The molecule has 1 aromatic carbocycles. The van der Waals surface area contributed by atoms with Gasteiger partial charge in [0.15, 0.2) is 5.58 Å². The van der Waals surface area contributed by atoms with E-state index in [2.05, 4.69) is 16.4 Å². The van der Waals surface area contributed by atoms with Crippen LogP contribution in [-0.2, 0) is 14.2 Å². The highest BCUT2D eigenvalue weighted by atomic mass is 35.5. The monoisotopic (exact) mass is 540 g/mol. The topological polar surface area (TPSA) is 110 Å². The largest absolute Gasteiger partial charge is 0.450 e. The maximum Gasteiger partial charge on any atom is 0.414 e. The van der Waals surface area contributed by atoms with Gasteiger partial charge in [-0.15, -0.1) is 0 Å². The molecule has 4 rings (SSSR count). The van der Waals surface area contributed by atoms with Crippen molar-refractivity contribution in [3.8, 4) is 17.3 Å². The van der Waals surface area contributed by atoms with Crippen LogP contribution in [0.25, 0.3) is 22.2 Å². The van der Waals surface area contributed by atoms with Crippen LogP contribution < -0.4 is 10.2 Å². The second kappa shape index (κ2) is 12.1. The molecule has 1 N–H and O–H groups in total. The number of halogens is 2. The maximum absolute atomic E-state index is 14.2. The molecular formula is C27H26ClFN4O5. The van der Waals surface area contributed by atoms with Crippen molar-refractivity contribution < 1.29 is 27.8 Å². The van der Waals surface area contributed by atoms with Gasteiger partial charge in [0.1, 0.15) is 17.6 Å². The molecule has 0 radical (unpaired) electrons. The van der Waals surface area contributed by atoms with Crippen molar-refractivity contribution in [3.63, 3.8) is 0 Å². The highest BCUT2D eigenvalue weighted by molar-refractivity contribution is 6.30. The first kappa shape index (κ1) is 27.1. The first-order valence-corrected chi connectivity index (χ1v) is 12.3. The molecule has 2 heterocycles. The number of nitriles is 1. The smallest absolute Gasteiger partial charge is 0.414 e. The van der Waals surface area contributed by atoms with Gasteiger partial charge in [-0.25, -0.2) is 9.18 Å². The molecule has 1 amide bonds. The number of nitrogens with one attached hydrogen (secondary N) is 1. The molecule has 3 aromatic rings. The molecule has 0 saturated heterocycles. The molecule has 0 aliphatic heterocycles. The first-order chi connectivity index (χ1) is 18.4. The minimum absolute atomic E-state index is 0.0160. The number of carbonyl (C=O) groups excluding carboxylic acids is 1. The number of methoxy groups -OCH3 is 1. The van der Waals surface area contributed by atoms with Gasteiger partial charge in [0.05, 0.1) is 28.7 Å². The summed E-state index contributed by atoms with van der Waals surface area (Å²) in [6, 6.07) is 10.7. The van der Waals surface area contributed by atoms with Crippen LogP contribution in [0.1, 0.15) is 25.8 Å². The SMILES string of the molecule is CCOC(=O)Nc1oc2c(-c3cccc(C#N)c3)nccc2c1N(C1=CCC(F)C(Cl)=C1)C(OC)OCC. The molecule has 1 aliphatic carbocycles. The Balaban J connectivity index is 1.99. The molecule has 0 saturated carbocycles. The summed E-state index contributed by atoms with van der Waals surface area (Å²) in [4.78, 5) is 18.6. The number of hydrogen-bond donors (Lipinski definition) is 1. The summed E-state index contributed by atoms with van der Waals surface area (Å²) in [5.41, 5.74) is 2.69. The van der Waals surface area contributed by atoms with Gasteiger partial charge in [-0.1, -0.05) is 29.8 Å². The minimum atomic E-state index is -1.34. The van der Waals surface area contributed by atoms with Gasteiger partial charge in [-0.3, -0.25) is 15.2 Å². The van der Waals surface area contributed by atoms with Crippen molar-refractivity contribution >= 4 is 40.2 Å². The van der Waals surface area contributed by atoms with Crippen LogP contribution in [0.5, 0.6) is 0 Å². The van der Waals surface area contributed by atoms with Gasteiger partial charge < -0.3 is 18.6 Å². The van der Waals surface area contributed by atoms with Gasteiger partial charge in [0.2, 0.25) is 12.3 Å². The Hall–Kier alpha value is -3.91. The standard InChI is InChI=1S/C27H26ClFN4O5/c1-4-36-26(34)32-25-23(33(27(35-3)37-5-2)18-9-10-21(29)20(28)14-18)19-11-12-31-22(24(19)38-25)17-8-6-7-16(13-17)15-30/h6-9,11-14,21,27H,4-5,10H2,1-3H3,(H,32,34). The normalized spacial score (nSPS) is 15.8. The maximum atomic E-state index is 14.2. The van der Waals surface area contributed by atoms with E-state index in [4.69, 9.17) is 30.2 Å². The molecule has 0 bridgehead atoms. The fraction of sp³-hybridized carbons (Fsp3) is 0.296. The lowest BCUT2D eigenvalue weighted by Gasteiger charge is -2.33. The summed E-state index contributed by atoms with van der Waals surface area (Å²) >= 11 is 6.20. The van der Waals surface area contributed by atoms with E-state index >= 15 is 0 Å². The zero-order chi connectivity index (χ0) is 27.2. The molecule has 2 aromatic heterocycles. The molecule has 198 valence electrons. The van der Waals surface area contributed by atoms with E-state index in [-0.39, 0.29) is 30.6 Å². The van der Waals surface area contributed by atoms with Crippen LogP contribution in [0.15, 0.2) is 63.8 Å². The number of pyridine rings is 1. The summed E-state index contributed by atoms with van der Waals surface area (Å²) in [5, 5.41) is 12.6. The molecule has 0 spiro atoms. The molecule has 2 atom stereocenters. The van der Waals surface area contributed by atoms with Gasteiger partial charge in [0.25, 0.3) is 0 Å². The third-order valence-electron chi connectivity index (χ3n) is 5.69. The van der Waals surface area contributed by atoms with Crippen LogP contribution in [0, 0.1) is 11.3 Å². The van der Waals surface area contributed by atoms with E-state index in [1.165, 1.54) is 13.2 Å². The quantitative estimate of drug-likeness (QED) is 0.308. The predicted molar refractivity (Wildman–Crippen MR) is 141 cm³/mol. The van der Waals surface area contributed by atoms with E-state index in [9.17, 15) is 14.4 Å². The molecule has 0 fully saturated rings. The average molecular weight is 541 g/mol. The van der Waals surface area contributed by atoms with Crippen molar-refractivity contribution in [1.82, 2.24) is 4.98 Å². The molecule has 2 unspecified atom stereocenters. The number of amides is 1. The van der Waals surface area contributed by atoms with Crippen LogP contribution in [0.2, 0.25) is 0 Å². The number of fused-ring (bicyclic) bond motifs is 1. The first-order valence-electron chi connectivity index (χ1n) is 11.9. The van der Waals surface area contributed by atoms with E-state index < -0.39 is 18.7 Å². The number of anilines is 2. The van der Waals surface area contributed by atoms with E-state index in [1.807, 2.05) is 0 Å². The van der Waals surface area contributed by atoms with Gasteiger partial charge >= 0.3 is 6.09 Å². The number of aromatic nitrogens is 1. The number of nitrogens with zero attached hydrogens (tertiary/aromatic N) is 3. The van der Waals surface area contributed by atoms with Crippen LogP contribution in [0.4, 0.5) is 20.8 Å². The van der Waals surface area contributed by atoms with Crippen molar-refractivity contribution in [1.29, 1.82) is 5.26 Å². The fourth-order valence-corrected chi connectivity index (χ4v) is 4.28. The number of allylic oxidation sites excluding steroid dienone is 3. The molecule has 11 heteroatoms. The van der Waals surface area contributed by atoms with Crippen LogP contribution in [0.3, 0.4) is 0 Å². The summed E-state index contributed by atoms with van der Waals surface area (Å²) in [7, 11) is 1.46. The molecular weight excluding hydrogens is 515 g/mol. The van der Waals surface area contributed by atoms with Crippen molar-refractivity contribution in [2.45, 2.75) is 32.9 Å². The number of carbonyl (C=O) groups is 1. The number of furan rings is 1. The van der Waals surface area contributed by atoms with E-state index in [0.29, 0.717) is 39.2 Å². The Kier molecular flexibility index (Phi) is 8.63. The zero-order valence-corrected chi connectivity index (χ0v) is 21.8. The number of alkyl halides is 1. The Morgan fingerprint density at radius 1 is 1.37 bits per heavy atom. The number of ether oxygens (including phenoxy) is 3. The van der Waals surface area contributed by atoms with E-state index in [0.717, 1.165) is 0 Å². The number of benzene rings is 1. The minimum Gasteiger partial charge on any atom is -0.450 e. The molecule has 38 heavy (non-hydrogen) atoms. The lowest BCUT2D eigenvalue weighted by molar-refractivity contribution is -0.115. The molecule has 9 nitrogen and oxygen atoms in total. The molecule has 1 aliphatic rings. The summed E-state index contributed by atoms with van der Waals surface area (Å²) in [6.45, 7) is 3.91. The fourth-order valence-electron chi connectivity index (χ4n) is 4.08. The lowest BCUT2D eigenvalue weighted by atomic mass is 10.1. The average Bonchev–Trinajstić information content (AvgIpc) is 3.27. The second-order valence-electron chi connectivity index (χ2n) is 8.08. The summed E-state index contributed by atoms with van der Waals surface area (Å²) in [5.74, 6) is 0.0266. The zero-order valence-electron chi connectivity index (χ0n) is 21.0. The lowest BCUT2D eigenvalue weighted by Crippen LogP contribution is -2.39. The Morgan fingerprint density at radius 3 is 2.87 bits per heavy atom. The predicted octanol–water partition coefficient (Wildman–Crippen LogP) is 6.46.